The lowest BCUT2D eigenvalue weighted by Crippen LogP contribution is -2.02. The van der Waals surface area contributed by atoms with Crippen LogP contribution in [0.3, 0.4) is 0 Å². The Kier molecular flexibility index (Phi) is 7.08. The lowest BCUT2D eigenvalue weighted by Gasteiger charge is -2.07. The summed E-state index contributed by atoms with van der Waals surface area (Å²) in [6.07, 6.45) is 3.10. The van der Waals surface area contributed by atoms with Crippen LogP contribution in [0.1, 0.15) is 22.3 Å². The van der Waals surface area contributed by atoms with Gasteiger partial charge in [-0.15, -0.1) is 0 Å². The van der Waals surface area contributed by atoms with Crippen LogP contribution >= 0.6 is 0 Å². The lowest BCUT2D eigenvalue weighted by atomic mass is 10.1. The Morgan fingerprint density at radius 3 is 2.29 bits per heavy atom. The number of non-ortho nitro benzene ring substituents is 1. The summed E-state index contributed by atoms with van der Waals surface area (Å²) in [4.78, 5) is 9.66. The maximum Gasteiger partial charge on any atom is 0.295 e. The van der Waals surface area contributed by atoms with Crippen LogP contribution in [0, 0.1) is 24.0 Å². The number of nitro benzene ring substituents is 1. The normalized spacial score (nSPS) is 11.9. The van der Waals surface area contributed by atoms with Crippen molar-refractivity contribution in [2.24, 2.45) is 10.2 Å². The number of benzene rings is 3. The van der Waals surface area contributed by atoms with Gasteiger partial charge >= 0.3 is 0 Å². The van der Waals surface area contributed by atoms with Gasteiger partial charge in [0.25, 0.3) is 15.8 Å². The molecule has 11 heteroatoms. The summed E-state index contributed by atoms with van der Waals surface area (Å²) in [6.45, 7) is 3.71. The maximum absolute atomic E-state index is 11.7. The standard InChI is InChI=1S/C23H22N4O6S/c1-14-10-18(25-26-21-13-22(33-3)20(24)11-15(21)2)8-6-16(14)4-5-17-7-9-19(27(28)29)12-23(17)34(30,31)32/h4-13H,24H2,1-3H3,(H,30,31,32)/b5-4-,26-25?. The zero-order chi connectivity index (χ0) is 25.0. The number of azo groups is 1. The molecule has 3 rings (SSSR count). The van der Waals surface area contributed by atoms with Gasteiger partial charge in [-0.3, -0.25) is 14.7 Å². The Labute approximate surface area is 196 Å². The van der Waals surface area contributed by atoms with E-state index in [2.05, 4.69) is 10.2 Å². The van der Waals surface area contributed by atoms with Gasteiger partial charge < -0.3 is 10.5 Å². The minimum atomic E-state index is -4.66. The minimum Gasteiger partial charge on any atom is -0.495 e. The van der Waals surface area contributed by atoms with Crippen LogP contribution < -0.4 is 10.5 Å². The zero-order valence-corrected chi connectivity index (χ0v) is 19.4. The van der Waals surface area contributed by atoms with Gasteiger partial charge in [0, 0.05) is 18.2 Å². The molecule has 0 saturated heterocycles. The van der Waals surface area contributed by atoms with Crippen molar-refractivity contribution in [1.29, 1.82) is 0 Å². The molecule has 10 nitrogen and oxygen atoms in total. The Bertz CT molecular complexity index is 1430. The molecule has 0 aromatic heterocycles. The number of rotatable bonds is 7. The Hall–Kier alpha value is -4.09. The number of hydrogen-bond donors (Lipinski definition) is 2. The molecule has 3 aromatic rings. The molecule has 0 fully saturated rings. The van der Waals surface area contributed by atoms with Crippen molar-refractivity contribution in [2.45, 2.75) is 18.7 Å². The van der Waals surface area contributed by atoms with Gasteiger partial charge in [0.1, 0.15) is 10.6 Å². The van der Waals surface area contributed by atoms with Gasteiger partial charge in [-0.05, 0) is 60.4 Å². The van der Waals surface area contributed by atoms with Crippen molar-refractivity contribution in [1.82, 2.24) is 0 Å². The van der Waals surface area contributed by atoms with Gasteiger partial charge in [0.15, 0.2) is 0 Å². The number of nitrogens with two attached hydrogens (primary N) is 1. The van der Waals surface area contributed by atoms with E-state index in [1.165, 1.54) is 25.3 Å². The van der Waals surface area contributed by atoms with E-state index in [0.29, 0.717) is 22.8 Å². The lowest BCUT2D eigenvalue weighted by molar-refractivity contribution is -0.385. The third-order valence-corrected chi connectivity index (χ3v) is 5.91. The molecule has 0 atom stereocenters. The van der Waals surface area contributed by atoms with Gasteiger partial charge in [-0.1, -0.05) is 18.2 Å². The smallest absolute Gasteiger partial charge is 0.295 e. The van der Waals surface area contributed by atoms with Crippen LogP contribution in [0.2, 0.25) is 0 Å². The van der Waals surface area contributed by atoms with Gasteiger partial charge in [0.2, 0.25) is 0 Å². The van der Waals surface area contributed by atoms with Gasteiger partial charge in [0.05, 0.1) is 29.1 Å². The summed E-state index contributed by atoms with van der Waals surface area (Å²) in [7, 11) is -3.13. The minimum absolute atomic E-state index is 0.115. The molecule has 0 aliphatic carbocycles. The molecule has 0 radical (unpaired) electrons. The average molecular weight is 483 g/mol. The van der Waals surface area contributed by atoms with E-state index < -0.39 is 25.6 Å². The topological polar surface area (TPSA) is 157 Å². The van der Waals surface area contributed by atoms with Crippen molar-refractivity contribution in [3.63, 3.8) is 0 Å². The highest BCUT2D eigenvalue weighted by Gasteiger charge is 2.18. The fourth-order valence-corrected chi connectivity index (χ4v) is 3.89. The van der Waals surface area contributed by atoms with E-state index in [0.717, 1.165) is 22.8 Å². The van der Waals surface area contributed by atoms with Crippen molar-refractivity contribution in [3.8, 4) is 5.75 Å². The maximum atomic E-state index is 11.7. The van der Waals surface area contributed by atoms with Crippen LogP contribution in [0.5, 0.6) is 5.75 Å². The molecular weight excluding hydrogens is 460 g/mol. The summed E-state index contributed by atoms with van der Waals surface area (Å²) in [5, 5.41) is 19.5. The summed E-state index contributed by atoms with van der Waals surface area (Å²) in [5.74, 6) is 0.506. The molecule has 0 amide bonds. The number of nitro groups is 1. The van der Waals surface area contributed by atoms with E-state index in [1.807, 2.05) is 13.8 Å². The van der Waals surface area contributed by atoms with Crippen molar-refractivity contribution in [2.75, 3.05) is 12.8 Å². The highest BCUT2D eigenvalue weighted by Crippen LogP contribution is 2.32. The number of ether oxygens (including phenoxy) is 1. The van der Waals surface area contributed by atoms with Gasteiger partial charge in [-0.2, -0.15) is 18.6 Å². The zero-order valence-electron chi connectivity index (χ0n) is 18.6. The highest BCUT2D eigenvalue weighted by molar-refractivity contribution is 7.86. The van der Waals surface area contributed by atoms with Crippen LogP contribution in [-0.4, -0.2) is 25.0 Å². The average Bonchev–Trinajstić information content (AvgIpc) is 2.77. The SMILES string of the molecule is COc1cc(N=Nc2ccc(/C=C\c3ccc([N+](=O)[O-])cc3S(=O)(=O)O)c(C)c2)c(C)cc1N. The molecular formula is C23H22N4O6S. The molecule has 0 heterocycles. The first-order valence-electron chi connectivity index (χ1n) is 9.90. The van der Waals surface area contributed by atoms with E-state index >= 15 is 0 Å². The van der Waals surface area contributed by atoms with Gasteiger partial charge in [-0.25, -0.2) is 0 Å². The first kappa shape index (κ1) is 24.6. The largest absolute Gasteiger partial charge is 0.495 e. The quantitative estimate of drug-likeness (QED) is 0.110. The molecule has 3 N–H and O–H groups in total. The molecule has 0 saturated carbocycles. The van der Waals surface area contributed by atoms with Crippen molar-refractivity contribution in [3.05, 3.63) is 80.9 Å². The molecule has 0 spiro atoms. The van der Waals surface area contributed by atoms with E-state index in [-0.39, 0.29) is 5.56 Å². The van der Waals surface area contributed by atoms with Crippen LogP contribution in [0.15, 0.2) is 63.7 Å². The highest BCUT2D eigenvalue weighted by atomic mass is 32.2. The van der Waals surface area contributed by atoms with Crippen LogP contribution in [0.25, 0.3) is 12.2 Å². The molecule has 176 valence electrons. The van der Waals surface area contributed by atoms with E-state index in [9.17, 15) is 23.1 Å². The summed E-state index contributed by atoms with van der Waals surface area (Å²) in [6, 6.07) is 12.0. The summed E-state index contributed by atoms with van der Waals surface area (Å²) >= 11 is 0. The number of aryl methyl sites for hydroxylation is 2. The van der Waals surface area contributed by atoms with Crippen LogP contribution in [0.4, 0.5) is 22.7 Å². The van der Waals surface area contributed by atoms with Crippen molar-refractivity contribution >= 4 is 45.0 Å². The van der Waals surface area contributed by atoms with Crippen molar-refractivity contribution < 1.29 is 22.6 Å². The second-order valence-corrected chi connectivity index (χ2v) is 8.80. The predicted octanol–water partition coefficient (Wildman–Crippen LogP) is 5.63. The number of nitrogens with zero attached hydrogens (tertiary/aromatic N) is 3. The number of methoxy groups -OCH3 is 1. The first-order chi connectivity index (χ1) is 16.0. The molecule has 0 aliphatic rings. The monoisotopic (exact) mass is 482 g/mol. The molecule has 0 bridgehead atoms. The Morgan fingerprint density at radius 2 is 1.68 bits per heavy atom. The predicted molar refractivity (Wildman–Crippen MR) is 129 cm³/mol. The fraction of sp³-hybridized carbons (Fsp3) is 0.130. The number of anilines is 1. The number of nitrogen functional groups attached to an aromatic ring is 1. The second kappa shape index (κ2) is 9.81. The Morgan fingerprint density at radius 1 is 1.00 bits per heavy atom. The molecule has 0 aliphatic heterocycles. The van der Waals surface area contributed by atoms with Crippen LogP contribution in [-0.2, 0) is 10.1 Å². The van der Waals surface area contributed by atoms with E-state index in [1.54, 1.807) is 36.4 Å². The molecule has 34 heavy (non-hydrogen) atoms. The third-order valence-electron chi connectivity index (χ3n) is 5.00. The summed E-state index contributed by atoms with van der Waals surface area (Å²) < 4.78 is 38.0. The molecule has 3 aromatic carbocycles. The van der Waals surface area contributed by atoms with E-state index in [4.69, 9.17) is 10.5 Å². The third kappa shape index (κ3) is 5.63. The Balaban J connectivity index is 1.88. The molecule has 0 unspecified atom stereocenters. The number of hydrogen-bond acceptors (Lipinski definition) is 8. The summed E-state index contributed by atoms with van der Waals surface area (Å²) in [5.41, 5.74) is 9.71. The fourth-order valence-electron chi connectivity index (χ4n) is 3.18. The first-order valence-corrected chi connectivity index (χ1v) is 11.3. The second-order valence-electron chi connectivity index (χ2n) is 7.41.